The monoisotopic (exact) mass is 317 g/mol. The maximum absolute atomic E-state index is 13.4. The van der Waals surface area contributed by atoms with E-state index < -0.39 is 5.82 Å². The molecule has 2 rings (SSSR count). The summed E-state index contributed by atoms with van der Waals surface area (Å²) in [6, 6.07) is 2.93. The van der Waals surface area contributed by atoms with E-state index in [2.05, 4.69) is 10.3 Å². The number of anilines is 2. The van der Waals surface area contributed by atoms with Crippen molar-refractivity contribution in [2.75, 3.05) is 19.0 Å². The molecule has 0 aliphatic rings. The zero-order valence-electron chi connectivity index (χ0n) is 11.1. The minimum absolute atomic E-state index is 0.0354. The maximum atomic E-state index is 13.4. The van der Waals surface area contributed by atoms with Crippen molar-refractivity contribution >= 4 is 34.8 Å². The number of aryl methyl sites for hydroxylation is 1. The third-order valence-corrected chi connectivity index (χ3v) is 3.22. The van der Waals surface area contributed by atoms with Crippen LogP contribution in [0.25, 0.3) is 0 Å². The third kappa shape index (κ3) is 3.42. The summed E-state index contributed by atoms with van der Waals surface area (Å²) in [5.74, 6) is -0.00363. The molecule has 0 unspecified atom stereocenters. The molecule has 0 saturated carbocycles. The fourth-order valence-corrected chi connectivity index (χ4v) is 2.25. The first-order chi connectivity index (χ1) is 9.51. The number of nitrogens with one attached hydrogen (secondary N) is 1. The highest BCUT2D eigenvalue weighted by Gasteiger charge is 2.10. The van der Waals surface area contributed by atoms with Crippen molar-refractivity contribution in [1.29, 1.82) is 0 Å². The Hall–Kier alpha value is -1.30. The number of benzene rings is 1. The van der Waals surface area contributed by atoms with Gasteiger partial charge in [0.05, 0.1) is 22.3 Å². The number of ether oxygens (including phenoxy) is 1. The van der Waals surface area contributed by atoms with Crippen molar-refractivity contribution in [2.45, 2.75) is 13.5 Å². The van der Waals surface area contributed by atoms with Crippen LogP contribution in [0.15, 0.2) is 18.3 Å². The Morgan fingerprint density at radius 1 is 1.35 bits per heavy atom. The number of methoxy groups -OCH3 is 1. The molecule has 0 bridgehead atoms. The first-order valence-corrected chi connectivity index (χ1v) is 6.71. The van der Waals surface area contributed by atoms with Crippen LogP contribution in [0.1, 0.15) is 5.69 Å². The van der Waals surface area contributed by atoms with E-state index in [0.29, 0.717) is 24.8 Å². The van der Waals surface area contributed by atoms with E-state index >= 15 is 0 Å². The molecule has 108 valence electrons. The molecule has 0 aliphatic heterocycles. The summed E-state index contributed by atoms with van der Waals surface area (Å²) in [6.45, 7) is 3.11. The molecular weight excluding hydrogens is 304 g/mol. The average Bonchev–Trinajstić information content (AvgIpc) is 2.73. The Kier molecular flexibility index (Phi) is 4.86. The highest BCUT2D eigenvalue weighted by Crippen LogP contribution is 2.28. The van der Waals surface area contributed by atoms with Gasteiger partial charge in [-0.15, -0.1) is 0 Å². The van der Waals surface area contributed by atoms with E-state index in [9.17, 15) is 4.39 Å². The smallest absolute Gasteiger partial charge is 0.207 e. The molecule has 20 heavy (non-hydrogen) atoms. The lowest BCUT2D eigenvalue weighted by molar-refractivity contribution is 0.188. The molecule has 0 amide bonds. The number of hydrogen-bond acceptors (Lipinski definition) is 3. The van der Waals surface area contributed by atoms with E-state index in [1.165, 1.54) is 12.1 Å². The van der Waals surface area contributed by atoms with Crippen LogP contribution in [0.2, 0.25) is 10.0 Å². The Bertz CT molecular complexity index is 593. The Balaban J connectivity index is 2.25. The van der Waals surface area contributed by atoms with Crippen molar-refractivity contribution in [3.05, 3.63) is 39.9 Å². The predicted molar refractivity (Wildman–Crippen MR) is 78.5 cm³/mol. The minimum atomic E-state index is -0.627. The van der Waals surface area contributed by atoms with Gasteiger partial charge in [0, 0.05) is 25.5 Å². The van der Waals surface area contributed by atoms with Crippen LogP contribution in [-0.4, -0.2) is 23.3 Å². The van der Waals surface area contributed by atoms with E-state index in [0.717, 1.165) is 5.69 Å². The number of rotatable bonds is 5. The van der Waals surface area contributed by atoms with E-state index in [-0.39, 0.29) is 10.0 Å². The van der Waals surface area contributed by atoms with Gasteiger partial charge in [-0.2, -0.15) is 0 Å². The number of nitrogens with zero attached hydrogens (tertiary/aromatic N) is 2. The lowest BCUT2D eigenvalue weighted by atomic mass is 10.3. The maximum Gasteiger partial charge on any atom is 0.207 e. The predicted octanol–water partition coefficient (Wildman–Crippen LogP) is 4.03. The van der Waals surface area contributed by atoms with Crippen LogP contribution in [0, 0.1) is 12.7 Å². The summed E-state index contributed by atoms with van der Waals surface area (Å²) in [4.78, 5) is 4.36. The van der Waals surface area contributed by atoms with Gasteiger partial charge in [0.25, 0.3) is 0 Å². The van der Waals surface area contributed by atoms with Crippen molar-refractivity contribution in [2.24, 2.45) is 0 Å². The molecule has 0 spiro atoms. The fraction of sp³-hybridized carbons (Fsp3) is 0.308. The van der Waals surface area contributed by atoms with Gasteiger partial charge in [0.2, 0.25) is 5.95 Å². The molecule has 2 aromatic rings. The van der Waals surface area contributed by atoms with Gasteiger partial charge in [-0.1, -0.05) is 23.2 Å². The summed E-state index contributed by atoms with van der Waals surface area (Å²) in [7, 11) is 1.64. The number of aromatic nitrogens is 2. The highest BCUT2D eigenvalue weighted by molar-refractivity contribution is 6.35. The summed E-state index contributed by atoms with van der Waals surface area (Å²) in [5.41, 5.74) is 1.44. The lowest BCUT2D eigenvalue weighted by Crippen LogP contribution is -2.07. The second kappa shape index (κ2) is 6.43. The van der Waals surface area contributed by atoms with Crippen LogP contribution < -0.4 is 5.32 Å². The topological polar surface area (TPSA) is 39.1 Å². The van der Waals surface area contributed by atoms with Crippen LogP contribution >= 0.6 is 23.2 Å². The van der Waals surface area contributed by atoms with Crippen LogP contribution in [0.3, 0.4) is 0 Å². The van der Waals surface area contributed by atoms with Crippen molar-refractivity contribution in [3.8, 4) is 0 Å². The first kappa shape index (κ1) is 15.1. The molecule has 0 aliphatic carbocycles. The van der Waals surface area contributed by atoms with Gasteiger partial charge in [0.15, 0.2) is 5.82 Å². The Morgan fingerprint density at radius 3 is 2.60 bits per heavy atom. The molecule has 0 saturated heterocycles. The van der Waals surface area contributed by atoms with Crippen molar-refractivity contribution in [1.82, 2.24) is 9.55 Å². The average molecular weight is 318 g/mol. The molecule has 0 fully saturated rings. The second-order valence-electron chi connectivity index (χ2n) is 4.27. The van der Waals surface area contributed by atoms with Crippen molar-refractivity contribution < 1.29 is 9.13 Å². The standard InChI is InChI=1S/C13H14Cl2FN3O/c1-8-7-19(3-4-20-2)13(17-8)18-9-5-10(14)12(16)11(15)6-9/h5-7H,3-4H2,1-2H3,(H,17,18). The Morgan fingerprint density at radius 2 is 2.00 bits per heavy atom. The summed E-state index contributed by atoms with van der Waals surface area (Å²) in [6.07, 6.45) is 1.90. The van der Waals surface area contributed by atoms with Gasteiger partial charge in [-0.25, -0.2) is 9.37 Å². The zero-order valence-corrected chi connectivity index (χ0v) is 12.6. The fourth-order valence-electron chi connectivity index (χ4n) is 1.76. The number of imidazole rings is 1. The first-order valence-electron chi connectivity index (χ1n) is 5.95. The van der Waals surface area contributed by atoms with Crippen molar-refractivity contribution in [3.63, 3.8) is 0 Å². The van der Waals surface area contributed by atoms with E-state index in [1.807, 2.05) is 17.7 Å². The molecule has 1 heterocycles. The van der Waals surface area contributed by atoms with Gasteiger partial charge in [-0.05, 0) is 19.1 Å². The largest absolute Gasteiger partial charge is 0.383 e. The molecule has 1 N–H and O–H groups in total. The second-order valence-corrected chi connectivity index (χ2v) is 5.09. The molecule has 0 atom stereocenters. The minimum Gasteiger partial charge on any atom is -0.383 e. The Labute approximate surface area is 126 Å². The molecule has 1 aromatic heterocycles. The molecule has 7 heteroatoms. The van der Waals surface area contributed by atoms with Gasteiger partial charge < -0.3 is 14.6 Å². The van der Waals surface area contributed by atoms with Gasteiger partial charge >= 0.3 is 0 Å². The van der Waals surface area contributed by atoms with E-state index in [1.54, 1.807) is 7.11 Å². The van der Waals surface area contributed by atoms with Gasteiger partial charge in [0.1, 0.15) is 0 Å². The van der Waals surface area contributed by atoms with E-state index in [4.69, 9.17) is 27.9 Å². The van der Waals surface area contributed by atoms with Gasteiger partial charge in [-0.3, -0.25) is 0 Å². The molecule has 0 radical (unpaired) electrons. The normalized spacial score (nSPS) is 10.8. The number of halogens is 3. The summed E-state index contributed by atoms with van der Waals surface area (Å²) < 4.78 is 20.3. The highest BCUT2D eigenvalue weighted by atomic mass is 35.5. The zero-order chi connectivity index (χ0) is 14.7. The van der Waals surface area contributed by atoms with Crippen LogP contribution in [-0.2, 0) is 11.3 Å². The molecule has 4 nitrogen and oxygen atoms in total. The molecular formula is C13H14Cl2FN3O. The summed E-state index contributed by atoms with van der Waals surface area (Å²) >= 11 is 11.5. The summed E-state index contributed by atoms with van der Waals surface area (Å²) in [5, 5.41) is 3.00. The third-order valence-electron chi connectivity index (χ3n) is 2.67. The lowest BCUT2D eigenvalue weighted by Gasteiger charge is -2.10. The van der Waals surface area contributed by atoms with Crippen LogP contribution in [0.4, 0.5) is 16.0 Å². The van der Waals surface area contributed by atoms with Crippen LogP contribution in [0.5, 0.6) is 0 Å². The number of hydrogen-bond donors (Lipinski definition) is 1. The molecule has 1 aromatic carbocycles. The quantitative estimate of drug-likeness (QED) is 0.846. The SMILES string of the molecule is COCCn1cc(C)nc1Nc1cc(Cl)c(F)c(Cl)c1.